The molecule has 0 spiro atoms. The van der Waals surface area contributed by atoms with Crippen LogP contribution in [0.25, 0.3) is 0 Å². The number of rotatable bonds is 8. The Morgan fingerprint density at radius 2 is 1.60 bits per heavy atom. The minimum atomic E-state index is -0.785. The smallest absolute Gasteiger partial charge is 0.333 e. The summed E-state index contributed by atoms with van der Waals surface area (Å²) in [4.78, 5) is 51.1. The summed E-state index contributed by atoms with van der Waals surface area (Å²) in [6, 6.07) is 0. The molecule has 1 aliphatic rings. The Morgan fingerprint density at radius 1 is 1.04 bits per heavy atom. The number of carbonyl (C=O) groups is 4. The maximum absolute atomic E-state index is 12.0. The molecule has 0 aromatic rings. The molecule has 0 bridgehead atoms. The van der Waals surface area contributed by atoms with Gasteiger partial charge in [0.05, 0.1) is 12.0 Å². The number of nitrogens with zero attached hydrogens (tertiary/aromatic N) is 1. The molecule has 0 saturated carbocycles. The minimum absolute atomic E-state index is 0.0391. The quantitative estimate of drug-likeness (QED) is 0.661. The van der Waals surface area contributed by atoms with E-state index >= 15 is 0 Å². The highest BCUT2D eigenvalue weighted by molar-refractivity contribution is 6.01. The van der Waals surface area contributed by atoms with Crippen LogP contribution < -0.4 is 5.32 Å². The average molecular weight is 356 g/mol. The SMILES string of the molecule is CC(C)(CCOC(C)(C)C)NC(=O)CCC(=O)ON1C(=O)CCC1=O. The number of amides is 3. The number of hydrogen-bond acceptors (Lipinski definition) is 6. The molecule has 8 nitrogen and oxygen atoms in total. The van der Waals surface area contributed by atoms with Crippen LogP contribution in [0.4, 0.5) is 0 Å². The van der Waals surface area contributed by atoms with Crippen molar-refractivity contribution in [3.63, 3.8) is 0 Å². The van der Waals surface area contributed by atoms with Crippen LogP contribution in [0.1, 0.15) is 66.7 Å². The molecular weight excluding hydrogens is 328 g/mol. The van der Waals surface area contributed by atoms with Gasteiger partial charge in [-0.05, 0) is 41.0 Å². The van der Waals surface area contributed by atoms with Crippen LogP contribution in [0.15, 0.2) is 0 Å². The molecule has 0 aromatic carbocycles. The molecule has 3 amide bonds. The molecule has 25 heavy (non-hydrogen) atoms. The molecule has 1 aliphatic heterocycles. The number of carbonyl (C=O) groups excluding carboxylic acids is 4. The standard InChI is InChI=1S/C17H28N2O6/c1-16(2,3)24-11-10-17(4,5)18-12(20)6-9-15(23)25-19-13(21)7-8-14(19)22/h6-11H2,1-5H3,(H,18,20). The molecule has 0 unspecified atom stereocenters. The number of hydrogen-bond donors (Lipinski definition) is 1. The summed E-state index contributed by atoms with van der Waals surface area (Å²) >= 11 is 0. The summed E-state index contributed by atoms with van der Waals surface area (Å²) in [6.45, 7) is 10.1. The van der Waals surface area contributed by atoms with E-state index in [-0.39, 0.29) is 37.2 Å². The van der Waals surface area contributed by atoms with Crippen LogP contribution >= 0.6 is 0 Å². The van der Waals surface area contributed by atoms with Crippen molar-refractivity contribution >= 4 is 23.7 Å². The first-order valence-corrected chi connectivity index (χ1v) is 8.41. The third-order valence-corrected chi connectivity index (χ3v) is 3.50. The second-order valence-electron chi connectivity index (χ2n) is 7.69. The molecule has 0 aromatic heterocycles. The summed E-state index contributed by atoms with van der Waals surface area (Å²) in [5.41, 5.74) is -0.721. The van der Waals surface area contributed by atoms with Gasteiger partial charge in [0.2, 0.25) is 5.91 Å². The van der Waals surface area contributed by atoms with Crippen LogP contribution in [0.5, 0.6) is 0 Å². The molecular formula is C17H28N2O6. The van der Waals surface area contributed by atoms with E-state index in [9.17, 15) is 19.2 Å². The van der Waals surface area contributed by atoms with E-state index in [4.69, 9.17) is 9.57 Å². The molecule has 1 fully saturated rings. The Morgan fingerprint density at radius 3 is 2.12 bits per heavy atom. The summed E-state index contributed by atoms with van der Waals surface area (Å²) in [7, 11) is 0. The van der Waals surface area contributed by atoms with Crippen LogP contribution in [0.3, 0.4) is 0 Å². The molecule has 1 rings (SSSR count). The Bertz CT molecular complexity index is 520. The predicted octanol–water partition coefficient (Wildman–Crippen LogP) is 1.47. The van der Waals surface area contributed by atoms with Gasteiger partial charge in [0.1, 0.15) is 0 Å². The maximum atomic E-state index is 12.0. The van der Waals surface area contributed by atoms with Crippen molar-refractivity contribution in [1.82, 2.24) is 10.4 Å². The lowest BCUT2D eigenvalue weighted by Crippen LogP contribution is -2.44. The molecule has 1 heterocycles. The predicted molar refractivity (Wildman–Crippen MR) is 89.0 cm³/mol. The number of imide groups is 1. The van der Waals surface area contributed by atoms with Gasteiger partial charge < -0.3 is 14.9 Å². The lowest BCUT2D eigenvalue weighted by Gasteiger charge is -2.28. The second-order valence-corrected chi connectivity index (χ2v) is 7.69. The molecule has 8 heteroatoms. The highest BCUT2D eigenvalue weighted by Gasteiger charge is 2.33. The van der Waals surface area contributed by atoms with E-state index in [1.54, 1.807) is 0 Å². The zero-order valence-corrected chi connectivity index (χ0v) is 15.6. The topological polar surface area (TPSA) is 102 Å². The fourth-order valence-electron chi connectivity index (χ4n) is 2.14. The molecule has 0 aliphatic carbocycles. The van der Waals surface area contributed by atoms with Crippen molar-refractivity contribution in [3.05, 3.63) is 0 Å². The highest BCUT2D eigenvalue weighted by atomic mass is 16.7. The van der Waals surface area contributed by atoms with Crippen LogP contribution in [-0.4, -0.2) is 46.5 Å². The fourth-order valence-corrected chi connectivity index (χ4v) is 2.14. The summed E-state index contributed by atoms with van der Waals surface area (Å²) < 4.78 is 5.64. The van der Waals surface area contributed by atoms with Crippen molar-refractivity contribution in [2.75, 3.05) is 6.61 Å². The third kappa shape index (κ3) is 8.11. The number of ether oxygens (including phenoxy) is 1. The van der Waals surface area contributed by atoms with Crippen molar-refractivity contribution in [1.29, 1.82) is 0 Å². The van der Waals surface area contributed by atoms with E-state index in [0.717, 1.165) is 0 Å². The van der Waals surface area contributed by atoms with Crippen LogP contribution in [0.2, 0.25) is 0 Å². The normalized spacial score (nSPS) is 15.5. The van der Waals surface area contributed by atoms with E-state index in [1.165, 1.54) is 0 Å². The summed E-state index contributed by atoms with van der Waals surface area (Å²) in [5.74, 6) is -2.17. The highest BCUT2D eigenvalue weighted by Crippen LogP contribution is 2.15. The van der Waals surface area contributed by atoms with Gasteiger partial charge in [-0.2, -0.15) is 0 Å². The number of hydroxylamine groups is 2. The van der Waals surface area contributed by atoms with Crippen LogP contribution in [-0.2, 0) is 28.8 Å². The van der Waals surface area contributed by atoms with Gasteiger partial charge in [0, 0.05) is 31.4 Å². The Kier molecular flexibility index (Phi) is 7.10. The van der Waals surface area contributed by atoms with Crippen LogP contribution in [0, 0.1) is 0 Å². The minimum Gasteiger partial charge on any atom is -0.376 e. The van der Waals surface area contributed by atoms with Gasteiger partial charge >= 0.3 is 5.97 Å². The first-order chi connectivity index (χ1) is 11.4. The molecule has 0 atom stereocenters. The van der Waals surface area contributed by atoms with Gasteiger partial charge in [-0.1, -0.05) is 0 Å². The lowest BCUT2D eigenvalue weighted by molar-refractivity contribution is -0.197. The monoisotopic (exact) mass is 356 g/mol. The summed E-state index contributed by atoms with van der Waals surface area (Å²) in [5, 5.41) is 3.32. The maximum Gasteiger partial charge on any atom is 0.333 e. The van der Waals surface area contributed by atoms with Gasteiger partial charge in [0.15, 0.2) is 0 Å². The second kappa shape index (κ2) is 8.42. The van der Waals surface area contributed by atoms with Gasteiger partial charge in [-0.3, -0.25) is 14.4 Å². The fraction of sp³-hybridized carbons (Fsp3) is 0.765. The zero-order chi connectivity index (χ0) is 19.3. The average Bonchev–Trinajstić information content (AvgIpc) is 2.75. The van der Waals surface area contributed by atoms with Gasteiger partial charge in [-0.25, -0.2) is 4.79 Å². The third-order valence-electron chi connectivity index (χ3n) is 3.50. The lowest BCUT2D eigenvalue weighted by atomic mass is 10.0. The van der Waals surface area contributed by atoms with E-state index in [2.05, 4.69) is 5.32 Å². The van der Waals surface area contributed by atoms with Crippen molar-refractivity contribution in [3.8, 4) is 0 Å². The first kappa shape index (κ1) is 21.1. The number of nitrogens with one attached hydrogen (secondary N) is 1. The molecule has 1 N–H and O–H groups in total. The first-order valence-electron chi connectivity index (χ1n) is 8.41. The summed E-state index contributed by atoms with van der Waals surface area (Å²) in [6.07, 6.45) is 0.405. The largest absolute Gasteiger partial charge is 0.376 e. The van der Waals surface area contributed by atoms with Gasteiger partial charge in [-0.15, -0.1) is 5.06 Å². The van der Waals surface area contributed by atoms with Crippen molar-refractivity contribution < 1.29 is 28.8 Å². The molecule has 1 saturated heterocycles. The van der Waals surface area contributed by atoms with E-state index in [0.29, 0.717) is 18.1 Å². The Labute approximate surface area is 148 Å². The Hall–Kier alpha value is -1.96. The van der Waals surface area contributed by atoms with Gasteiger partial charge in [0.25, 0.3) is 11.8 Å². The van der Waals surface area contributed by atoms with Crippen molar-refractivity contribution in [2.45, 2.75) is 77.9 Å². The van der Waals surface area contributed by atoms with Crippen molar-refractivity contribution in [2.24, 2.45) is 0 Å². The zero-order valence-electron chi connectivity index (χ0n) is 15.6. The van der Waals surface area contributed by atoms with E-state index < -0.39 is 23.3 Å². The van der Waals surface area contributed by atoms with E-state index in [1.807, 2.05) is 34.6 Å². The Balaban J connectivity index is 2.32. The molecule has 0 radical (unpaired) electrons. The molecule has 142 valence electrons.